The zero-order valence-electron chi connectivity index (χ0n) is 9.02. The second-order valence-corrected chi connectivity index (χ2v) is 3.51. The molecule has 0 aliphatic rings. The molecule has 1 aromatic heterocycles. The van der Waals surface area contributed by atoms with E-state index >= 15 is 0 Å². The maximum atomic E-state index is 10.9. The first kappa shape index (κ1) is 10.4. The van der Waals surface area contributed by atoms with Crippen LogP contribution in [0.25, 0.3) is 10.9 Å². The summed E-state index contributed by atoms with van der Waals surface area (Å²) in [5, 5.41) is 9.78. The molecule has 0 bridgehead atoms. The van der Waals surface area contributed by atoms with Crippen molar-refractivity contribution in [2.45, 2.75) is 6.92 Å². The fourth-order valence-corrected chi connectivity index (χ4v) is 1.63. The molecule has 0 spiro atoms. The third kappa shape index (κ3) is 1.58. The molecule has 1 N–H and O–H groups in total. The zero-order chi connectivity index (χ0) is 11.7. The predicted molar refractivity (Wildman–Crippen MR) is 60.0 cm³/mol. The van der Waals surface area contributed by atoms with Crippen LogP contribution in [0, 0.1) is 6.92 Å². The molecule has 0 aliphatic heterocycles. The SMILES string of the molecule is COc1cc(C(=O)O)cc2c(C)ccnc12. The maximum Gasteiger partial charge on any atom is 0.335 e. The van der Waals surface area contributed by atoms with Gasteiger partial charge in [-0.25, -0.2) is 4.79 Å². The molecule has 0 saturated carbocycles. The van der Waals surface area contributed by atoms with Crippen LogP contribution in [0.3, 0.4) is 0 Å². The first-order valence-corrected chi connectivity index (χ1v) is 4.80. The summed E-state index contributed by atoms with van der Waals surface area (Å²) in [7, 11) is 1.50. The number of methoxy groups -OCH3 is 1. The van der Waals surface area contributed by atoms with Crippen molar-refractivity contribution in [3.63, 3.8) is 0 Å². The summed E-state index contributed by atoms with van der Waals surface area (Å²) < 4.78 is 5.15. The number of hydrogen-bond acceptors (Lipinski definition) is 3. The van der Waals surface area contributed by atoms with E-state index in [-0.39, 0.29) is 5.56 Å². The smallest absolute Gasteiger partial charge is 0.335 e. The highest BCUT2D eigenvalue weighted by Crippen LogP contribution is 2.27. The van der Waals surface area contributed by atoms with Crippen molar-refractivity contribution >= 4 is 16.9 Å². The number of rotatable bonds is 2. The normalized spacial score (nSPS) is 10.4. The monoisotopic (exact) mass is 217 g/mol. The number of aryl methyl sites for hydroxylation is 1. The van der Waals surface area contributed by atoms with E-state index in [0.29, 0.717) is 11.3 Å². The number of aromatic nitrogens is 1. The minimum Gasteiger partial charge on any atom is -0.494 e. The second kappa shape index (κ2) is 3.81. The number of nitrogens with zero attached hydrogens (tertiary/aromatic N) is 1. The van der Waals surface area contributed by atoms with Crippen molar-refractivity contribution in [1.82, 2.24) is 4.98 Å². The molecule has 0 amide bonds. The largest absolute Gasteiger partial charge is 0.494 e. The van der Waals surface area contributed by atoms with Crippen molar-refractivity contribution in [3.8, 4) is 5.75 Å². The molecular weight excluding hydrogens is 206 g/mol. The Morgan fingerprint density at radius 3 is 2.81 bits per heavy atom. The quantitative estimate of drug-likeness (QED) is 0.838. The number of aromatic carboxylic acids is 1. The molecular formula is C12H11NO3. The van der Waals surface area contributed by atoms with Crippen molar-refractivity contribution in [3.05, 3.63) is 35.5 Å². The van der Waals surface area contributed by atoms with E-state index in [9.17, 15) is 4.79 Å². The predicted octanol–water partition coefficient (Wildman–Crippen LogP) is 2.25. The van der Waals surface area contributed by atoms with Gasteiger partial charge in [0.05, 0.1) is 12.7 Å². The van der Waals surface area contributed by atoms with Crippen molar-refractivity contribution in [1.29, 1.82) is 0 Å². The summed E-state index contributed by atoms with van der Waals surface area (Å²) in [6.45, 7) is 1.91. The number of carboxylic acids is 1. The topological polar surface area (TPSA) is 59.4 Å². The summed E-state index contributed by atoms with van der Waals surface area (Å²) >= 11 is 0. The van der Waals surface area contributed by atoms with Gasteiger partial charge in [-0.2, -0.15) is 0 Å². The molecule has 4 heteroatoms. The minimum absolute atomic E-state index is 0.209. The van der Waals surface area contributed by atoms with Crippen LogP contribution in [-0.2, 0) is 0 Å². The fraction of sp³-hybridized carbons (Fsp3) is 0.167. The number of pyridine rings is 1. The van der Waals surface area contributed by atoms with E-state index in [2.05, 4.69) is 4.98 Å². The Kier molecular flexibility index (Phi) is 2.48. The highest BCUT2D eigenvalue weighted by Gasteiger charge is 2.11. The van der Waals surface area contributed by atoms with E-state index in [0.717, 1.165) is 10.9 Å². The van der Waals surface area contributed by atoms with Gasteiger partial charge in [0.15, 0.2) is 0 Å². The number of carbonyl (C=O) groups is 1. The number of carboxylic acid groups (broad SMARTS) is 1. The maximum absolute atomic E-state index is 10.9. The van der Waals surface area contributed by atoms with Gasteiger partial charge < -0.3 is 9.84 Å². The molecule has 2 rings (SSSR count). The van der Waals surface area contributed by atoms with Gasteiger partial charge in [0.25, 0.3) is 0 Å². The lowest BCUT2D eigenvalue weighted by Crippen LogP contribution is -1.99. The molecule has 4 nitrogen and oxygen atoms in total. The Morgan fingerprint density at radius 1 is 1.44 bits per heavy atom. The van der Waals surface area contributed by atoms with E-state index in [4.69, 9.17) is 9.84 Å². The molecule has 0 saturated heterocycles. The second-order valence-electron chi connectivity index (χ2n) is 3.51. The molecule has 16 heavy (non-hydrogen) atoms. The Labute approximate surface area is 92.5 Å². The molecule has 0 aliphatic carbocycles. The van der Waals surface area contributed by atoms with E-state index in [1.165, 1.54) is 13.2 Å². The number of hydrogen-bond donors (Lipinski definition) is 1. The van der Waals surface area contributed by atoms with E-state index in [1.807, 2.05) is 13.0 Å². The van der Waals surface area contributed by atoms with Crippen LogP contribution in [0.1, 0.15) is 15.9 Å². The van der Waals surface area contributed by atoms with Crippen LogP contribution in [0.5, 0.6) is 5.75 Å². The van der Waals surface area contributed by atoms with Gasteiger partial charge in [-0.05, 0) is 30.7 Å². The van der Waals surface area contributed by atoms with E-state index < -0.39 is 5.97 Å². The van der Waals surface area contributed by atoms with Gasteiger partial charge in [0.2, 0.25) is 0 Å². The number of ether oxygens (including phenoxy) is 1. The molecule has 82 valence electrons. The molecule has 0 atom stereocenters. The molecule has 0 fully saturated rings. The summed E-state index contributed by atoms with van der Waals surface area (Å²) in [6.07, 6.45) is 1.68. The lowest BCUT2D eigenvalue weighted by atomic mass is 10.1. The van der Waals surface area contributed by atoms with Gasteiger partial charge >= 0.3 is 5.97 Å². The van der Waals surface area contributed by atoms with Gasteiger partial charge in [0.1, 0.15) is 11.3 Å². The Hall–Kier alpha value is -2.10. The summed E-state index contributed by atoms with van der Waals surface area (Å²) in [5.41, 5.74) is 1.87. The average molecular weight is 217 g/mol. The van der Waals surface area contributed by atoms with Crippen LogP contribution >= 0.6 is 0 Å². The lowest BCUT2D eigenvalue weighted by Gasteiger charge is -2.07. The number of benzene rings is 1. The summed E-state index contributed by atoms with van der Waals surface area (Å²) in [6, 6.07) is 4.94. The van der Waals surface area contributed by atoms with Gasteiger partial charge in [-0.1, -0.05) is 0 Å². The molecule has 0 radical (unpaired) electrons. The number of fused-ring (bicyclic) bond motifs is 1. The Balaban J connectivity index is 2.84. The standard InChI is InChI=1S/C12H11NO3/c1-7-3-4-13-11-9(7)5-8(12(14)15)6-10(11)16-2/h3-6H,1-2H3,(H,14,15). The summed E-state index contributed by atoms with van der Waals surface area (Å²) in [4.78, 5) is 15.1. The molecule has 2 aromatic rings. The Morgan fingerprint density at radius 2 is 2.19 bits per heavy atom. The van der Waals surface area contributed by atoms with Crippen molar-refractivity contribution in [2.24, 2.45) is 0 Å². The van der Waals surface area contributed by atoms with Crippen LogP contribution in [-0.4, -0.2) is 23.2 Å². The third-order valence-corrected chi connectivity index (χ3v) is 2.49. The first-order valence-electron chi connectivity index (χ1n) is 4.80. The fourth-order valence-electron chi connectivity index (χ4n) is 1.63. The average Bonchev–Trinajstić information content (AvgIpc) is 2.28. The van der Waals surface area contributed by atoms with E-state index in [1.54, 1.807) is 12.3 Å². The highest BCUT2D eigenvalue weighted by atomic mass is 16.5. The van der Waals surface area contributed by atoms with Crippen LogP contribution in [0.2, 0.25) is 0 Å². The van der Waals surface area contributed by atoms with Gasteiger partial charge in [-0.3, -0.25) is 4.98 Å². The van der Waals surface area contributed by atoms with Gasteiger partial charge in [-0.15, -0.1) is 0 Å². The lowest BCUT2D eigenvalue weighted by molar-refractivity contribution is 0.0696. The van der Waals surface area contributed by atoms with Gasteiger partial charge in [0, 0.05) is 11.6 Å². The molecule has 1 heterocycles. The Bertz CT molecular complexity index is 563. The first-order chi connectivity index (χ1) is 7.63. The molecule has 0 unspecified atom stereocenters. The molecule has 1 aromatic carbocycles. The zero-order valence-corrected chi connectivity index (χ0v) is 9.02. The van der Waals surface area contributed by atoms with Crippen LogP contribution < -0.4 is 4.74 Å². The summed E-state index contributed by atoms with van der Waals surface area (Å²) in [5.74, 6) is -0.484. The highest BCUT2D eigenvalue weighted by molar-refractivity contribution is 5.97. The van der Waals surface area contributed by atoms with Crippen LogP contribution in [0.4, 0.5) is 0 Å². The minimum atomic E-state index is -0.969. The van der Waals surface area contributed by atoms with Crippen LogP contribution in [0.15, 0.2) is 24.4 Å². The van der Waals surface area contributed by atoms with Crippen molar-refractivity contribution in [2.75, 3.05) is 7.11 Å². The van der Waals surface area contributed by atoms with Crippen molar-refractivity contribution < 1.29 is 14.6 Å². The third-order valence-electron chi connectivity index (χ3n) is 2.49.